The Hall–Kier alpha value is -3.09. The van der Waals surface area contributed by atoms with E-state index in [0.29, 0.717) is 5.95 Å². The van der Waals surface area contributed by atoms with E-state index in [-0.39, 0.29) is 5.41 Å². The molecule has 3 heterocycles. The molecule has 1 aliphatic heterocycles. The van der Waals surface area contributed by atoms with Crippen molar-refractivity contribution in [3.8, 4) is 11.1 Å². The minimum Gasteiger partial charge on any atom is -0.280 e. The van der Waals surface area contributed by atoms with E-state index in [4.69, 9.17) is 0 Å². The third-order valence-corrected chi connectivity index (χ3v) is 4.72. The minimum atomic E-state index is -0.211. The molecule has 0 atom stereocenters. The SMILES string of the molecule is C=C1N(c2nnn(C)n2)c2cc(-c3cnc(C)nc3)ccc2C1(C)C. The van der Waals surface area contributed by atoms with Gasteiger partial charge in [-0.2, -0.15) is 4.80 Å². The van der Waals surface area contributed by atoms with E-state index in [9.17, 15) is 0 Å². The molecule has 7 heteroatoms. The smallest absolute Gasteiger partial charge is 0.274 e. The summed E-state index contributed by atoms with van der Waals surface area (Å²) in [5.41, 5.74) is 4.92. The van der Waals surface area contributed by atoms with E-state index in [1.54, 1.807) is 7.05 Å². The van der Waals surface area contributed by atoms with Gasteiger partial charge in [0.2, 0.25) is 0 Å². The molecule has 1 aromatic carbocycles. The monoisotopic (exact) mass is 333 g/mol. The third kappa shape index (κ3) is 2.31. The summed E-state index contributed by atoms with van der Waals surface area (Å²) in [6.07, 6.45) is 3.67. The molecule has 0 spiro atoms. The van der Waals surface area contributed by atoms with Gasteiger partial charge in [-0.25, -0.2) is 9.97 Å². The first-order chi connectivity index (χ1) is 11.9. The second kappa shape index (κ2) is 5.20. The van der Waals surface area contributed by atoms with Crippen molar-refractivity contribution in [2.75, 3.05) is 4.90 Å². The lowest BCUT2D eigenvalue weighted by molar-refractivity contribution is 0.628. The van der Waals surface area contributed by atoms with Gasteiger partial charge in [-0.3, -0.25) is 4.90 Å². The molecule has 0 fully saturated rings. The maximum atomic E-state index is 4.36. The minimum absolute atomic E-state index is 0.211. The summed E-state index contributed by atoms with van der Waals surface area (Å²) in [7, 11) is 1.75. The van der Waals surface area contributed by atoms with Crippen LogP contribution in [0.1, 0.15) is 25.2 Å². The molecular weight excluding hydrogens is 314 g/mol. The van der Waals surface area contributed by atoms with Crippen LogP contribution < -0.4 is 4.90 Å². The maximum absolute atomic E-state index is 4.36. The van der Waals surface area contributed by atoms with Gasteiger partial charge >= 0.3 is 0 Å². The highest BCUT2D eigenvalue weighted by atomic mass is 15.6. The fourth-order valence-electron chi connectivity index (χ4n) is 3.14. The van der Waals surface area contributed by atoms with E-state index in [1.807, 2.05) is 24.2 Å². The number of tetrazole rings is 1. The molecule has 4 rings (SSSR count). The van der Waals surface area contributed by atoms with Gasteiger partial charge in [-0.05, 0) is 29.3 Å². The first kappa shape index (κ1) is 15.4. The number of anilines is 2. The van der Waals surface area contributed by atoms with Gasteiger partial charge in [-0.1, -0.05) is 37.7 Å². The first-order valence-corrected chi connectivity index (χ1v) is 8.05. The molecule has 0 N–H and O–H groups in total. The Morgan fingerprint density at radius 2 is 1.80 bits per heavy atom. The lowest BCUT2D eigenvalue weighted by Gasteiger charge is -2.22. The summed E-state index contributed by atoms with van der Waals surface area (Å²) in [6, 6.07) is 6.33. The zero-order valence-electron chi connectivity index (χ0n) is 14.7. The molecule has 0 bridgehead atoms. The average molecular weight is 333 g/mol. The van der Waals surface area contributed by atoms with E-state index >= 15 is 0 Å². The van der Waals surface area contributed by atoms with Crippen molar-refractivity contribution >= 4 is 11.6 Å². The molecule has 0 saturated heterocycles. The van der Waals surface area contributed by atoms with E-state index < -0.39 is 0 Å². The number of hydrogen-bond donors (Lipinski definition) is 0. The molecule has 7 nitrogen and oxygen atoms in total. The topological polar surface area (TPSA) is 72.6 Å². The molecule has 0 aliphatic carbocycles. The van der Waals surface area contributed by atoms with Crippen LogP contribution in [0.4, 0.5) is 11.6 Å². The molecule has 0 amide bonds. The molecule has 0 unspecified atom stereocenters. The van der Waals surface area contributed by atoms with Crippen molar-refractivity contribution in [2.45, 2.75) is 26.2 Å². The number of aromatic nitrogens is 6. The lowest BCUT2D eigenvalue weighted by atomic mass is 9.84. The predicted molar refractivity (Wildman–Crippen MR) is 95.3 cm³/mol. The largest absolute Gasteiger partial charge is 0.280 e. The number of aryl methyl sites for hydroxylation is 2. The van der Waals surface area contributed by atoms with Gasteiger partial charge in [0.15, 0.2) is 0 Å². The summed E-state index contributed by atoms with van der Waals surface area (Å²) >= 11 is 0. The molecule has 2 aromatic heterocycles. The summed E-state index contributed by atoms with van der Waals surface area (Å²) < 4.78 is 0. The van der Waals surface area contributed by atoms with Crippen molar-refractivity contribution in [2.24, 2.45) is 7.05 Å². The Labute approximate surface area is 146 Å². The van der Waals surface area contributed by atoms with Crippen LogP contribution in [0.15, 0.2) is 42.9 Å². The summed E-state index contributed by atoms with van der Waals surface area (Å²) in [4.78, 5) is 12.0. The third-order valence-electron chi connectivity index (χ3n) is 4.72. The highest BCUT2D eigenvalue weighted by Crippen LogP contribution is 2.50. The summed E-state index contributed by atoms with van der Waals surface area (Å²) in [6.45, 7) is 10.5. The van der Waals surface area contributed by atoms with Crippen LogP contribution >= 0.6 is 0 Å². The lowest BCUT2D eigenvalue weighted by Crippen LogP contribution is -2.22. The number of allylic oxidation sites excluding steroid dienone is 1. The summed E-state index contributed by atoms with van der Waals surface area (Å²) in [5, 5.41) is 12.5. The van der Waals surface area contributed by atoms with Crippen LogP contribution in [0.5, 0.6) is 0 Å². The average Bonchev–Trinajstić information content (AvgIpc) is 3.08. The quantitative estimate of drug-likeness (QED) is 0.718. The normalized spacial score (nSPS) is 15.5. The van der Waals surface area contributed by atoms with Crippen LogP contribution in [-0.2, 0) is 12.5 Å². The second-order valence-electron chi connectivity index (χ2n) is 6.74. The standard InChI is InChI=1S/C18H19N7/c1-11-18(3,4)15-7-6-13(14-9-19-12(2)20-10-14)8-16(15)25(11)17-21-23-24(5)22-17/h6-10H,1H2,2-5H3. The van der Waals surface area contributed by atoms with Crippen molar-refractivity contribution in [3.05, 3.63) is 54.3 Å². The van der Waals surface area contributed by atoms with E-state index in [1.165, 1.54) is 10.4 Å². The molecule has 3 aromatic rings. The van der Waals surface area contributed by atoms with Crippen molar-refractivity contribution < 1.29 is 0 Å². The van der Waals surface area contributed by atoms with Gasteiger partial charge in [0.1, 0.15) is 5.82 Å². The Morgan fingerprint density at radius 3 is 2.44 bits per heavy atom. The number of fused-ring (bicyclic) bond motifs is 1. The van der Waals surface area contributed by atoms with Crippen molar-refractivity contribution in [1.82, 2.24) is 30.2 Å². The number of benzene rings is 1. The van der Waals surface area contributed by atoms with E-state index in [2.05, 4.69) is 64.0 Å². The zero-order chi connectivity index (χ0) is 17.8. The first-order valence-electron chi connectivity index (χ1n) is 8.05. The van der Waals surface area contributed by atoms with Gasteiger partial charge in [0.25, 0.3) is 5.95 Å². The van der Waals surface area contributed by atoms with Gasteiger partial charge in [0, 0.05) is 29.1 Å². The zero-order valence-corrected chi connectivity index (χ0v) is 14.7. The van der Waals surface area contributed by atoms with Crippen LogP contribution in [-0.4, -0.2) is 30.2 Å². The van der Waals surface area contributed by atoms with Crippen molar-refractivity contribution in [3.63, 3.8) is 0 Å². The van der Waals surface area contributed by atoms with E-state index in [0.717, 1.165) is 28.3 Å². The van der Waals surface area contributed by atoms with Crippen LogP contribution in [0.2, 0.25) is 0 Å². The molecule has 1 aliphatic rings. The second-order valence-corrected chi connectivity index (χ2v) is 6.74. The Bertz CT molecular complexity index is 969. The molecule has 0 saturated carbocycles. The molecule has 0 radical (unpaired) electrons. The number of rotatable bonds is 2. The Kier molecular flexibility index (Phi) is 3.21. The summed E-state index contributed by atoms with van der Waals surface area (Å²) in [5.74, 6) is 1.28. The molecular formula is C18H19N7. The Balaban J connectivity index is 1.88. The number of nitrogens with zero attached hydrogens (tertiary/aromatic N) is 7. The van der Waals surface area contributed by atoms with Gasteiger partial charge < -0.3 is 0 Å². The maximum Gasteiger partial charge on any atom is 0.274 e. The Morgan fingerprint density at radius 1 is 1.08 bits per heavy atom. The van der Waals surface area contributed by atoms with Gasteiger partial charge in [-0.15, -0.1) is 5.10 Å². The molecule has 126 valence electrons. The van der Waals surface area contributed by atoms with Crippen molar-refractivity contribution in [1.29, 1.82) is 0 Å². The fraction of sp³-hybridized carbons (Fsp3) is 0.278. The highest BCUT2D eigenvalue weighted by molar-refractivity contribution is 5.80. The highest BCUT2D eigenvalue weighted by Gasteiger charge is 2.41. The van der Waals surface area contributed by atoms with Crippen LogP contribution in [0.3, 0.4) is 0 Å². The fourth-order valence-corrected chi connectivity index (χ4v) is 3.14. The van der Waals surface area contributed by atoms with Gasteiger partial charge in [0.05, 0.1) is 12.7 Å². The number of hydrogen-bond acceptors (Lipinski definition) is 6. The van der Waals surface area contributed by atoms with Crippen LogP contribution in [0.25, 0.3) is 11.1 Å². The van der Waals surface area contributed by atoms with Crippen LogP contribution in [0, 0.1) is 6.92 Å². The molecule has 25 heavy (non-hydrogen) atoms. The predicted octanol–water partition coefficient (Wildman–Crippen LogP) is 2.92.